The van der Waals surface area contributed by atoms with Gasteiger partial charge < -0.3 is 81.9 Å². The molecule has 0 aromatic rings. The molecule has 3 rings (SSSR count). The molecule has 566 valence electrons. The summed E-state index contributed by atoms with van der Waals surface area (Å²) in [5.74, 6) is -12.9. The van der Waals surface area contributed by atoms with Crippen molar-refractivity contribution in [2.75, 3.05) is 53.6 Å². The zero-order valence-corrected chi connectivity index (χ0v) is 61.2. The van der Waals surface area contributed by atoms with Crippen molar-refractivity contribution < 1.29 is 87.1 Å². The highest BCUT2D eigenvalue weighted by Gasteiger charge is 2.41. The summed E-state index contributed by atoms with van der Waals surface area (Å²) in [6.45, 7) is 11.6. The summed E-state index contributed by atoms with van der Waals surface area (Å²) in [7, 11) is 2.88. The molecule has 10 amide bonds. The highest BCUT2D eigenvalue weighted by molar-refractivity contribution is 5.98. The molecule has 3 aliphatic rings. The van der Waals surface area contributed by atoms with Crippen LogP contribution in [0.3, 0.4) is 0 Å². The number of aliphatic hydroxyl groups excluding tert-OH is 3. The van der Waals surface area contributed by atoms with Crippen LogP contribution in [-0.2, 0) is 71.7 Å². The lowest BCUT2D eigenvalue weighted by atomic mass is 9.80. The Morgan fingerprint density at radius 3 is 1.31 bits per heavy atom. The molecule has 14 atom stereocenters. The van der Waals surface area contributed by atoms with Crippen molar-refractivity contribution in [2.45, 2.75) is 296 Å². The SMILES string of the molecule is CCCCCCCCCC[C@H]1OC(=O)CNC(=O)[C@H](COCC(C)C[C@H]2C(=O)N[C@@H](CCC)C(=O)N[C@@H](CO)C(=O)N[C@@H]([C@H](C)O)C(=O)NCC(=O)O[C@H](CCCCCCCCCC)[C@@H](C)C(=O)N2C)NC(=O)[C@H](CO)NC(=O)[C@H](CC2CCC2)NC(=O)[C@H](CC(C)C)N(C)C(=O)[C@@H]1C. The molecule has 0 radical (unpaired) electrons. The molecule has 1 aliphatic carbocycles. The molecule has 2 heterocycles. The standard InChI is InChI=1S/C71H124N10O18/c1-12-15-17-19-21-23-25-27-33-57-46(7)70(95)80(10)55(35-44(4)5)67(92)75-51(37-49-31-29-32-49)64(89)77-52(40-82)65(90)78-54(62(87)72-38-59(85)98-57)43-97-42-45(6)36-56-68(93)74-50(30-14-3)63(88)76-53(41-83)66(91)79-61(48(9)84)69(94)73-39-60(86)99-58(47(8)71(96)81(56)11)34-28-26-24-22-20-18-16-13-2/h44-58,61,82-84H,12-43H2,1-11H3,(H,72,87)(H,73,94)(H,74,93)(H,75,92)(H,76,88)(H,77,89)(H,78,90)(H,79,91)/t45?,46-,47-,48+,50+,51+,52+,53+,54+,55+,56+,57-,58-,61+/m1/s1. The van der Waals surface area contributed by atoms with Gasteiger partial charge in [0.25, 0.3) is 0 Å². The maximum atomic E-state index is 14.9. The number of nitrogens with zero attached hydrogens (tertiary/aromatic N) is 2. The average Bonchev–Trinajstić information content (AvgIpc) is 1.41. The second-order valence-corrected chi connectivity index (χ2v) is 28.3. The third-order valence-electron chi connectivity index (χ3n) is 19.2. The van der Waals surface area contributed by atoms with Crippen LogP contribution in [0.15, 0.2) is 0 Å². The van der Waals surface area contributed by atoms with Crippen LogP contribution < -0.4 is 42.5 Å². The lowest BCUT2D eigenvalue weighted by Crippen LogP contribution is -2.60. The molecule has 28 heteroatoms. The molecule has 0 aromatic heterocycles. The number of aliphatic hydroxyl groups is 3. The van der Waals surface area contributed by atoms with Gasteiger partial charge in [-0.2, -0.15) is 0 Å². The smallest absolute Gasteiger partial charge is 0.325 e. The van der Waals surface area contributed by atoms with Gasteiger partial charge in [-0.25, -0.2) is 0 Å². The first-order valence-corrected chi connectivity index (χ1v) is 36.9. The van der Waals surface area contributed by atoms with Crippen molar-refractivity contribution in [3.63, 3.8) is 0 Å². The summed E-state index contributed by atoms with van der Waals surface area (Å²) in [6.07, 6.45) is 15.3. The van der Waals surface area contributed by atoms with Crippen molar-refractivity contribution >= 4 is 71.0 Å². The van der Waals surface area contributed by atoms with Crippen molar-refractivity contribution in [3.05, 3.63) is 0 Å². The fourth-order valence-electron chi connectivity index (χ4n) is 12.6. The van der Waals surface area contributed by atoms with Crippen LogP contribution in [0.2, 0.25) is 0 Å². The number of cyclic esters (lactones) is 2. The van der Waals surface area contributed by atoms with Crippen molar-refractivity contribution in [2.24, 2.45) is 29.6 Å². The molecule has 3 fully saturated rings. The second kappa shape index (κ2) is 46.8. The normalized spacial score (nSPS) is 27.0. The van der Waals surface area contributed by atoms with Gasteiger partial charge in [0.05, 0.1) is 37.8 Å². The van der Waals surface area contributed by atoms with E-state index in [1.165, 1.54) is 30.8 Å². The number of likely N-dealkylation sites (N-methyl/N-ethyl adjacent to an activating group) is 2. The second-order valence-electron chi connectivity index (χ2n) is 28.3. The van der Waals surface area contributed by atoms with Crippen LogP contribution in [0, 0.1) is 29.6 Å². The minimum atomic E-state index is -1.69. The molecule has 0 bridgehead atoms. The molecule has 1 unspecified atom stereocenters. The number of rotatable bonds is 33. The summed E-state index contributed by atoms with van der Waals surface area (Å²) in [5, 5.41) is 51.8. The highest BCUT2D eigenvalue weighted by atomic mass is 16.6. The fraction of sp³-hybridized carbons (Fsp3) is 0.831. The summed E-state index contributed by atoms with van der Waals surface area (Å²) < 4.78 is 18.1. The summed E-state index contributed by atoms with van der Waals surface area (Å²) in [4.78, 5) is 173. The van der Waals surface area contributed by atoms with Gasteiger partial charge in [0.15, 0.2) is 0 Å². The summed E-state index contributed by atoms with van der Waals surface area (Å²) in [6, 6.07) is -11.7. The Balaban J connectivity index is 2.07. The Kier molecular flexibility index (Phi) is 41.0. The molecule has 0 aromatic carbocycles. The first-order valence-electron chi connectivity index (χ1n) is 36.9. The lowest BCUT2D eigenvalue weighted by molar-refractivity contribution is -0.158. The lowest BCUT2D eigenvalue weighted by Gasteiger charge is -2.35. The molecule has 28 nitrogen and oxygen atoms in total. The third-order valence-corrected chi connectivity index (χ3v) is 19.2. The molecule has 1 saturated carbocycles. The molecule has 0 spiro atoms. The van der Waals surface area contributed by atoms with E-state index in [1.807, 2.05) is 13.8 Å². The highest BCUT2D eigenvalue weighted by Crippen LogP contribution is 2.31. The Hall–Kier alpha value is -6.52. The van der Waals surface area contributed by atoms with Crippen LogP contribution in [-0.4, -0.2) is 216 Å². The van der Waals surface area contributed by atoms with E-state index in [1.54, 1.807) is 27.7 Å². The van der Waals surface area contributed by atoms with Crippen molar-refractivity contribution in [3.8, 4) is 0 Å². The largest absolute Gasteiger partial charge is 0.460 e. The third kappa shape index (κ3) is 30.7. The number of amides is 10. The molecule has 11 N–H and O–H groups in total. The number of hydrogen-bond acceptors (Lipinski definition) is 18. The first-order chi connectivity index (χ1) is 47.1. The van der Waals surface area contributed by atoms with Gasteiger partial charge in [-0.1, -0.05) is 171 Å². The van der Waals surface area contributed by atoms with Crippen LogP contribution >= 0.6 is 0 Å². The Bertz CT molecular complexity index is 2560. The molecule has 2 aliphatic heterocycles. The van der Waals surface area contributed by atoms with E-state index < -0.39 is 188 Å². The maximum Gasteiger partial charge on any atom is 0.325 e. The van der Waals surface area contributed by atoms with E-state index in [-0.39, 0.29) is 50.5 Å². The van der Waals surface area contributed by atoms with Crippen LogP contribution in [0.5, 0.6) is 0 Å². The minimum Gasteiger partial charge on any atom is -0.460 e. The number of unbranched alkanes of at least 4 members (excludes halogenated alkanes) is 14. The summed E-state index contributed by atoms with van der Waals surface area (Å²) >= 11 is 0. The predicted molar refractivity (Wildman–Crippen MR) is 370 cm³/mol. The number of nitrogens with one attached hydrogen (secondary N) is 8. The number of carbonyl (C=O) groups is 12. The Morgan fingerprint density at radius 2 is 0.879 bits per heavy atom. The first kappa shape index (κ1) is 86.7. The van der Waals surface area contributed by atoms with Crippen molar-refractivity contribution in [1.82, 2.24) is 52.3 Å². The van der Waals surface area contributed by atoms with E-state index in [0.29, 0.717) is 25.7 Å². The summed E-state index contributed by atoms with van der Waals surface area (Å²) in [5.41, 5.74) is 0. The fourth-order valence-corrected chi connectivity index (χ4v) is 12.6. The quantitative estimate of drug-likeness (QED) is 0.0331. The van der Waals surface area contributed by atoms with Gasteiger partial charge in [-0.15, -0.1) is 0 Å². The van der Waals surface area contributed by atoms with Crippen molar-refractivity contribution in [1.29, 1.82) is 0 Å². The molecule has 99 heavy (non-hydrogen) atoms. The van der Waals surface area contributed by atoms with E-state index in [9.17, 15) is 72.9 Å². The van der Waals surface area contributed by atoms with Gasteiger partial charge in [0, 0.05) is 20.7 Å². The minimum absolute atomic E-state index is 0.00654. The topological polar surface area (TPSA) is 396 Å². The number of esters is 2. The zero-order valence-electron chi connectivity index (χ0n) is 61.2. The van der Waals surface area contributed by atoms with Crippen LogP contribution in [0.25, 0.3) is 0 Å². The van der Waals surface area contributed by atoms with Gasteiger partial charge in [0.1, 0.15) is 73.6 Å². The maximum absolute atomic E-state index is 14.9. The Labute approximate surface area is 587 Å². The number of hydrogen-bond donors (Lipinski definition) is 11. The zero-order chi connectivity index (χ0) is 73.7. The van der Waals surface area contributed by atoms with E-state index in [4.69, 9.17) is 14.2 Å². The van der Waals surface area contributed by atoms with Crippen LogP contribution in [0.1, 0.15) is 229 Å². The predicted octanol–water partition coefficient (Wildman–Crippen LogP) is 3.41. The molecular formula is C71H124N10O18. The van der Waals surface area contributed by atoms with Gasteiger partial charge in [-0.3, -0.25) is 57.5 Å². The van der Waals surface area contributed by atoms with Gasteiger partial charge in [0.2, 0.25) is 59.1 Å². The number of ether oxygens (including phenoxy) is 3. The van der Waals surface area contributed by atoms with Gasteiger partial charge >= 0.3 is 11.9 Å². The van der Waals surface area contributed by atoms with Crippen LogP contribution in [0.4, 0.5) is 0 Å². The monoisotopic (exact) mass is 1400 g/mol. The Morgan fingerprint density at radius 1 is 0.475 bits per heavy atom. The molecular weight excluding hydrogens is 1280 g/mol. The van der Waals surface area contributed by atoms with E-state index in [2.05, 4.69) is 56.4 Å². The number of carbonyl (C=O) groups excluding carboxylic acids is 12. The average molecular weight is 1410 g/mol. The van der Waals surface area contributed by atoms with E-state index in [0.717, 1.165) is 109 Å². The van der Waals surface area contributed by atoms with E-state index >= 15 is 0 Å². The molecule has 2 saturated heterocycles. The van der Waals surface area contributed by atoms with Gasteiger partial charge in [-0.05, 0) is 76.0 Å².